The molecule has 0 bridgehead atoms. The van der Waals surface area contributed by atoms with Crippen LogP contribution in [0.25, 0.3) is 0 Å². The average Bonchev–Trinajstić information content (AvgIpc) is 2.33. The number of rotatable bonds is 3. The Bertz CT molecular complexity index is 499. The second-order valence-electron chi connectivity index (χ2n) is 3.42. The summed E-state index contributed by atoms with van der Waals surface area (Å²) in [6.07, 6.45) is 3.41. The van der Waals surface area contributed by atoms with Gasteiger partial charge in [0.25, 0.3) is 0 Å². The monoisotopic (exact) mass is 247 g/mol. The predicted octanol–water partition coefficient (Wildman–Crippen LogP) is 2.31. The summed E-state index contributed by atoms with van der Waals surface area (Å²) in [7, 11) is 0. The molecule has 0 radical (unpaired) electrons. The SMILES string of the molecule is O=C(Cc1ccccn1)Nc1ccc(Cl)nc1. The first-order valence-corrected chi connectivity index (χ1v) is 5.43. The van der Waals surface area contributed by atoms with Gasteiger partial charge in [0.1, 0.15) is 5.15 Å². The number of carbonyl (C=O) groups is 1. The number of hydrogen-bond donors (Lipinski definition) is 1. The van der Waals surface area contributed by atoms with Crippen LogP contribution < -0.4 is 5.32 Å². The van der Waals surface area contributed by atoms with E-state index in [0.717, 1.165) is 5.69 Å². The third kappa shape index (κ3) is 3.53. The Balaban J connectivity index is 1.96. The van der Waals surface area contributed by atoms with Crippen LogP contribution in [0.2, 0.25) is 5.15 Å². The van der Waals surface area contributed by atoms with Gasteiger partial charge in [-0.15, -0.1) is 0 Å². The van der Waals surface area contributed by atoms with Gasteiger partial charge in [0.05, 0.1) is 18.3 Å². The van der Waals surface area contributed by atoms with E-state index in [1.54, 1.807) is 24.4 Å². The summed E-state index contributed by atoms with van der Waals surface area (Å²) in [5.74, 6) is -0.132. The van der Waals surface area contributed by atoms with Crippen molar-refractivity contribution < 1.29 is 4.79 Å². The maximum atomic E-state index is 11.7. The topological polar surface area (TPSA) is 54.9 Å². The highest BCUT2D eigenvalue weighted by Crippen LogP contribution is 2.10. The van der Waals surface area contributed by atoms with Crippen LogP contribution in [0.4, 0.5) is 5.69 Å². The number of pyridine rings is 2. The van der Waals surface area contributed by atoms with Crippen molar-refractivity contribution in [1.82, 2.24) is 9.97 Å². The number of nitrogens with zero attached hydrogens (tertiary/aromatic N) is 2. The zero-order valence-corrected chi connectivity index (χ0v) is 9.69. The number of halogens is 1. The zero-order chi connectivity index (χ0) is 12.1. The van der Waals surface area contributed by atoms with Gasteiger partial charge in [-0.25, -0.2) is 4.98 Å². The minimum atomic E-state index is -0.132. The summed E-state index contributed by atoms with van der Waals surface area (Å²) in [4.78, 5) is 19.6. The number of carbonyl (C=O) groups excluding carboxylic acids is 1. The van der Waals surface area contributed by atoms with E-state index in [9.17, 15) is 4.79 Å². The van der Waals surface area contributed by atoms with Crippen molar-refractivity contribution in [3.05, 3.63) is 53.6 Å². The van der Waals surface area contributed by atoms with Crippen molar-refractivity contribution in [2.75, 3.05) is 5.32 Å². The first kappa shape index (κ1) is 11.5. The lowest BCUT2D eigenvalue weighted by Gasteiger charge is -2.04. The molecular formula is C12H10ClN3O. The number of anilines is 1. The molecule has 0 aliphatic rings. The van der Waals surface area contributed by atoms with Gasteiger partial charge in [0.2, 0.25) is 5.91 Å². The van der Waals surface area contributed by atoms with Gasteiger partial charge in [-0.1, -0.05) is 17.7 Å². The zero-order valence-electron chi connectivity index (χ0n) is 8.93. The van der Waals surface area contributed by atoms with Gasteiger partial charge in [-0.05, 0) is 24.3 Å². The van der Waals surface area contributed by atoms with Gasteiger partial charge in [0, 0.05) is 11.9 Å². The largest absolute Gasteiger partial charge is 0.324 e. The Morgan fingerprint density at radius 2 is 2.12 bits per heavy atom. The third-order valence-electron chi connectivity index (χ3n) is 2.08. The Hall–Kier alpha value is -1.94. The number of hydrogen-bond acceptors (Lipinski definition) is 3. The van der Waals surface area contributed by atoms with E-state index in [1.807, 2.05) is 12.1 Å². The molecule has 2 aromatic heterocycles. The van der Waals surface area contributed by atoms with Crippen molar-refractivity contribution in [2.45, 2.75) is 6.42 Å². The highest BCUT2D eigenvalue weighted by atomic mass is 35.5. The van der Waals surface area contributed by atoms with Gasteiger partial charge in [-0.2, -0.15) is 0 Å². The molecule has 0 saturated carbocycles. The fraction of sp³-hybridized carbons (Fsp3) is 0.0833. The molecule has 2 heterocycles. The molecule has 0 atom stereocenters. The Kier molecular flexibility index (Phi) is 3.67. The van der Waals surface area contributed by atoms with Crippen LogP contribution in [0.1, 0.15) is 5.69 Å². The first-order valence-electron chi connectivity index (χ1n) is 5.05. The molecule has 0 spiro atoms. The van der Waals surface area contributed by atoms with E-state index >= 15 is 0 Å². The van der Waals surface area contributed by atoms with Crippen LogP contribution in [-0.2, 0) is 11.2 Å². The molecule has 0 aromatic carbocycles. The second-order valence-corrected chi connectivity index (χ2v) is 3.80. The molecule has 4 nitrogen and oxygen atoms in total. The van der Waals surface area contributed by atoms with Crippen LogP contribution in [0, 0.1) is 0 Å². The second kappa shape index (κ2) is 5.41. The quantitative estimate of drug-likeness (QED) is 0.847. The molecule has 0 fully saturated rings. The predicted molar refractivity (Wildman–Crippen MR) is 65.8 cm³/mol. The number of aromatic nitrogens is 2. The molecule has 0 aliphatic heterocycles. The van der Waals surface area contributed by atoms with Gasteiger partial charge >= 0.3 is 0 Å². The van der Waals surface area contributed by atoms with Crippen LogP contribution in [-0.4, -0.2) is 15.9 Å². The van der Waals surface area contributed by atoms with E-state index in [2.05, 4.69) is 15.3 Å². The van der Waals surface area contributed by atoms with Crippen molar-refractivity contribution in [2.24, 2.45) is 0 Å². The standard InChI is InChI=1S/C12H10ClN3O/c13-11-5-4-10(8-15-11)16-12(17)7-9-3-1-2-6-14-9/h1-6,8H,7H2,(H,16,17). The number of amides is 1. The van der Waals surface area contributed by atoms with E-state index in [0.29, 0.717) is 10.8 Å². The lowest BCUT2D eigenvalue weighted by atomic mass is 10.2. The molecule has 2 aromatic rings. The molecule has 0 aliphatic carbocycles. The van der Waals surface area contributed by atoms with Gasteiger partial charge < -0.3 is 5.32 Å². The highest BCUT2D eigenvalue weighted by Gasteiger charge is 2.04. The van der Waals surface area contributed by atoms with Crippen molar-refractivity contribution in [3.8, 4) is 0 Å². The van der Waals surface area contributed by atoms with Crippen LogP contribution in [0.15, 0.2) is 42.7 Å². The van der Waals surface area contributed by atoms with Crippen molar-refractivity contribution >= 4 is 23.2 Å². The molecular weight excluding hydrogens is 238 g/mol. The van der Waals surface area contributed by atoms with E-state index in [-0.39, 0.29) is 12.3 Å². The fourth-order valence-electron chi connectivity index (χ4n) is 1.32. The maximum Gasteiger partial charge on any atom is 0.230 e. The minimum absolute atomic E-state index is 0.132. The maximum absolute atomic E-state index is 11.7. The molecule has 0 saturated heterocycles. The van der Waals surface area contributed by atoms with Crippen molar-refractivity contribution in [3.63, 3.8) is 0 Å². The lowest BCUT2D eigenvalue weighted by molar-refractivity contribution is -0.115. The molecule has 86 valence electrons. The van der Waals surface area contributed by atoms with E-state index < -0.39 is 0 Å². The number of nitrogens with one attached hydrogen (secondary N) is 1. The van der Waals surface area contributed by atoms with Crippen LogP contribution >= 0.6 is 11.6 Å². The normalized spacial score (nSPS) is 9.94. The molecule has 0 unspecified atom stereocenters. The Morgan fingerprint density at radius 3 is 2.76 bits per heavy atom. The molecule has 17 heavy (non-hydrogen) atoms. The van der Waals surface area contributed by atoms with Crippen LogP contribution in [0.3, 0.4) is 0 Å². The summed E-state index contributed by atoms with van der Waals surface area (Å²) in [5.41, 5.74) is 1.35. The average molecular weight is 248 g/mol. The smallest absolute Gasteiger partial charge is 0.230 e. The Morgan fingerprint density at radius 1 is 1.24 bits per heavy atom. The molecule has 1 amide bonds. The highest BCUT2D eigenvalue weighted by molar-refractivity contribution is 6.29. The Labute approximate surface area is 104 Å². The van der Waals surface area contributed by atoms with Gasteiger partial charge in [-0.3, -0.25) is 9.78 Å². The first-order chi connectivity index (χ1) is 8.24. The fourth-order valence-corrected chi connectivity index (χ4v) is 1.43. The summed E-state index contributed by atoms with van der Waals surface area (Å²) < 4.78 is 0. The van der Waals surface area contributed by atoms with E-state index in [1.165, 1.54) is 6.20 Å². The van der Waals surface area contributed by atoms with Crippen molar-refractivity contribution in [1.29, 1.82) is 0 Å². The third-order valence-corrected chi connectivity index (χ3v) is 2.30. The van der Waals surface area contributed by atoms with Crippen LogP contribution in [0.5, 0.6) is 0 Å². The van der Waals surface area contributed by atoms with E-state index in [4.69, 9.17) is 11.6 Å². The minimum Gasteiger partial charge on any atom is -0.324 e. The lowest BCUT2D eigenvalue weighted by Crippen LogP contribution is -2.15. The molecule has 1 N–H and O–H groups in total. The summed E-state index contributed by atoms with van der Waals surface area (Å²) in [6, 6.07) is 8.78. The summed E-state index contributed by atoms with van der Waals surface area (Å²) in [6.45, 7) is 0. The summed E-state index contributed by atoms with van der Waals surface area (Å²) in [5, 5.41) is 3.11. The molecule has 2 rings (SSSR count). The molecule has 5 heteroatoms. The summed E-state index contributed by atoms with van der Waals surface area (Å²) >= 11 is 5.64. The van der Waals surface area contributed by atoms with Gasteiger partial charge in [0.15, 0.2) is 0 Å².